The van der Waals surface area contributed by atoms with E-state index < -0.39 is 49.2 Å². The molecule has 21 nitrogen and oxygen atoms in total. The van der Waals surface area contributed by atoms with Crippen molar-refractivity contribution >= 4 is 105 Å². The lowest BCUT2D eigenvalue weighted by molar-refractivity contribution is -0.192. The number of aromatic nitrogens is 2. The van der Waals surface area contributed by atoms with E-state index in [0.29, 0.717) is 81.7 Å². The van der Waals surface area contributed by atoms with Gasteiger partial charge >= 0.3 is 18.1 Å². The predicted molar refractivity (Wildman–Crippen MR) is 353 cm³/mol. The maximum Gasteiger partial charge on any atom is 0.490 e. The molecule has 8 aromatic rings. The summed E-state index contributed by atoms with van der Waals surface area (Å²) in [6.07, 6.45) is 4.82. The summed E-state index contributed by atoms with van der Waals surface area (Å²) in [7, 11) is -6.90. The highest BCUT2D eigenvalue weighted by Crippen LogP contribution is 2.36. The topological polar surface area (TPSA) is 296 Å². The first-order chi connectivity index (χ1) is 45.0. The van der Waals surface area contributed by atoms with E-state index in [1.807, 2.05) is 126 Å². The van der Waals surface area contributed by atoms with Crippen LogP contribution in [0.5, 0.6) is 0 Å². The van der Waals surface area contributed by atoms with E-state index >= 15 is 0 Å². The lowest BCUT2D eigenvalue weighted by Crippen LogP contribution is -2.51. The van der Waals surface area contributed by atoms with E-state index in [9.17, 15) is 49.2 Å². The molecule has 26 heteroatoms. The van der Waals surface area contributed by atoms with Gasteiger partial charge in [-0.1, -0.05) is 84.9 Å². The molecule has 4 fully saturated rings. The Hall–Kier alpha value is -8.82. The maximum atomic E-state index is 13.3. The zero-order valence-corrected chi connectivity index (χ0v) is 53.0. The summed E-state index contributed by atoms with van der Waals surface area (Å²) in [5.74, 6) is -2.18. The summed E-state index contributed by atoms with van der Waals surface area (Å²) in [5.41, 5.74) is 3.25. The standard InChI is InChI=1S/C33H35N5O4S.C24H30N4O3S.C9H7NO2.C2HF3O2/c39-31(26-10-11-29-25(21-26)12-16-34-29)37-17-4-8-27(22-37)30-35-32(40)33(36-30)14-18-38(19-15-33)43(41,42)20-13-24-7-3-6-23-5-1-2-9-28(23)24;29-23-24(27-22(26-23)20-8-4-13-25-17-20)11-14-28(15-12-24)32(30,31)16-10-19-7-3-6-18-5-1-2-9-21(18)19;11-9(12)7-1-2-8-6(5-7)3-4-10-8;3-2(4,5)1(6)7/h1-3,5-7,9-12,16,21,27,34H,4,8,13-15,17-20,22H2,(H,35,36,40);1-3,5-7,9,20,25H,4,8,10-17H2,(H,26,27,29);1-5,10H,(H,11,12);(H,6,7). The third-order valence-electron chi connectivity index (χ3n) is 18.5. The second kappa shape index (κ2) is 28.0. The Morgan fingerprint density at radius 1 is 0.564 bits per heavy atom. The van der Waals surface area contributed by atoms with Crippen LogP contribution in [-0.4, -0.2) is 173 Å². The molecule has 494 valence electrons. The van der Waals surface area contributed by atoms with Gasteiger partial charge in [0.25, 0.3) is 17.7 Å². The molecule has 6 aromatic carbocycles. The molecular formula is C68H73F3N10O11S2. The number of fused-ring (bicyclic) bond motifs is 4. The van der Waals surface area contributed by atoms with Gasteiger partial charge in [0.1, 0.15) is 22.7 Å². The zero-order valence-electron chi connectivity index (χ0n) is 51.4. The van der Waals surface area contributed by atoms with Gasteiger partial charge in [0.2, 0.25) is 20.0 Å². The van der Waals surface area contributed by atoms with E-state index in [2.05, 4.69) is 25.9 Å². The van der Waals surface area contributed by atoms with E-state index in [0.717, 1.165) is 99.1 Å². The molecule has 8 heterocycles. The third kappa shape index (κ3) is 15.1. The van der Waals surface area contributed by atoms with Gasteiger partial charge < -0.3 is 41.0 Å². The minimum atomic E-state index is -5.08. The molecule has 2 unspecified atom stereocenters. The van der Waals surface area contributed by atoms with Gasteiger partial charge in [-0.05, 0) is 152 Å². The molecule has 0 saturated carbocycles. The molecule has 6 aliphatic rings. The largest absolute Gasteiger partial charge is 0.490 e. The number of nitrogens with zero attached hydrogens (tertiary/aromatic N) is 5. The summed E-state index contributed by atoms with van der Waals surface area (Å²) in [6.45, 7) is 4.21. The number of aryl methyl sites for hydroxylation is 2. The highest BCUT2D eigenvalue weighted by Gasteiger charge is 2.50. The molecule has 3 amide bonds. The third-order valence-corrected chi connectivity index (χ3v) is 22.3. The number of H-pyrrole nitrogens is 2. The number of aromatic amines is 2. The summed E-state index contributed by atoms with van der Waals surface area (Å²) >= 11 is 0. The summed E-state index contributed by atoms with van der Waals surface area (Å²) in [4.78, 5) is 76.6. The quantitative estimate of drug-likeness (QED) is 0.0605. The second-order valence-electron chi connectivity index (χ2n) is 24.5. The van der Waals surface area contributed by atoms with Crippen LogP contribution >= 0.6 is 0 Å². The number of carboxylic acid groups (broad SMARTS) is 2. The van der Waals surface area contributed by atoms with Crippen LogP contribution in [0.2, 0.25) is 0 Å². The lowest BCUT2D eigenvalue weighted by Gasteiger charge is -2.35. The number of aliphatic carboxylic acids is 1. The number of likely N-dealkylation sites (tertiary alicyclic amines) is 1. The number of aromatic carboxylic acids is 1. The molecule has 7 N–H and O–H groups in total. The Kier molecular flexibility index (Phi) is 19.9. The van der Waals surface area contributed by atoms with E-state index in [1.165, 1.54) is 4.31 Å². The number of rotatable bonds is 12. The molecule has 2 spiro atoms. The fourth-order valence-electron chi connectivity index (χ4n) is 13.2. The Morgan fingerprint density at radius 3 is 1.50 bits per heavy atom. The van der Waals surface area contributed by atoms with Crippen LogP contribution in [-0.2, 0) is 47.3 Å². The van der Waals surface area contributed by atoms with Crippen molar-refractivity contribution in [3.8, 4) is 0 Å². The smallest absolute Gasteiger partial charge is 0.478 e. The predicted octanol–water partition coefficient (Wildman–Crippen LogP) is 8.68. The van der Waals surface area contributed by atoms with Gasteiger partial charge in [-0.3, -0.25) is 24.4 Å². The highest BCUT2D eigenvalue weighted by molar-refractivity contribution is 7.89. The molecule has 0 radical (unpaired) electrons. The Balaban J connectivity index is 0.000000153. The Morgan fingerprint density at radius 2 is 1.02 bits per heavy atom. The fraction of sp³-hybridized carbons (Fsp3) is 0.368. The zero-order chi connectivity index (χ0) is 66.4. The lowest BCUT2D eigenvalue weighted by atomic mass is 9.89. The number of piperidine rings is 4. The number of carbonyl (C=O) groups excluding carboxylic acids is 3. The summed E-state index contributed by atoms with van der Waals surface area (Å²) < 4.78 is 87.6. The molecule has 4 saturated heterocycles. The Labute approximate surface area is 541 Å². The fourth-order valence-corrected chi connectivity index (χ4v) is 16.1. The SMILES string of the molecule is O=C(O)C(F)(F)F.O=C(O)c1ccc2[nH]ccc2c1.O=C(c1ccc2[nH]ccc2c1)N1CCCC(C2=NC3(CCN(S(=O)(=O)CCc4cccc5ccccc45)CC3)C(=O)N2)C1.O=C1NC(C2CCCNC2)=NC12CCN(S(=O)(=O)CCc1cccc3ccccc13)CC2. The van der Waals surface area contributed by atoms with Crippen molar-refractivity contribution < 1.29 is 64.2 Å². The maximum absolute atomic E-state index is 13.3. The van der Waals surface area contributed by atoms with Crippen LogP contribution in [0, 0.1) is 11.8 Å². The molecule has 2 aromatic heterocycles. The monoisotopic (exact) mass is 1330 g/mol. The van der Waals surface area contributed by atoms with E-state index in [1.54, 1.807) is 28.7 Å². The normalized spacial score (nSPS) is 19.9. The molecule has 14 rings (SSSR count). The van der Waals surface area contributed by atoms with Gasteiger partial charge in [0, 0.05) is 97.4 Å². The molecule has 94 heavy (non-hydrogen) atoms. The van der Waals surface area contributed by atoms with Crippen LogP contribution in [0.25, 0.3) is 43.4 Å². The number of alkyl halides is 3. The second-order valence-corrected chi connectivity index (χ2v) is 28.7. The molecular weight excluding hydrogens is 1250 g/mol. The van der Waals surface area contributed by atoms with Crippen molar-refractivity contribution in [3.63, 3.8) is 0 Å². The van der Waals surface area contributed by atoms with Crippen LogP contribution < -0.4 is 16.0 Å². The summed E-state index contributed by atoms with van der Waals surface area (Å²) in [6, 6.07) is 42.6. The number of sulfonamides is 2. The van der Waals surface area contributed by atoms with Crippen molar-refractivity contribution in [2.75, 3.05) is 63.9 Å². The number of carbonyl (C=O) groups is 5. The van der Waals surface area contributed by atoms with Crippen molar-refractivity contribution in [1.82, 2.24) is 39.4 Å². The van der Waals surface area contributed by atoms with Gasteiger partial charge in [-0.15, -0.1) is 0 Å². The highest BCUT2D eigenvalue weighted by atomic mass is 32.2. The van der Waals surface area contributed by atoms with E-state index in [-0.39, 0.29) is 54.2 Å². The average molecular weight is 1330 g/mol. The molecule has 0 aliphatic carbocycles. The van der Waals surface area contributed by atoms with Gasteiger partial charge in [0.15, 0.2) is 0 Å². The first-order valence-electron chi connectivity index (χ1n) is 31.4. The first-order valence-corrected chi connectivity index (χ1v) is 34.6. The molecule has 6 aliphatic heterocycles. The molecule has 2 atom stereocenters. The number of halogens is 3. The number of hydrogen-bond acceptors (Lipinski definition) is 12. The average Bonchev–Trinajstić information content (AvgIpc) is 1.59. The van der Waals surface area contributed by atoms with Crippen molar-refractivity contribution in [2.45, 2.75) is 81.5 Å². The van der Waals surface area contributed by atoms with Crippen LogP contribution in [0.15, 0.2) is 156 Å². The number of aliphatic imine (C=N–C) groups is 2. The van der Waals surface area contributed by atoms with Gasteiger partial charge in [-0.2, -0.15) is 13.2 Å². The van der Waals surface area contributed by atoms with Crippen LogP contribution in [0.1, 0.15) is 83.2 Å². The minimum Gasteiger partial charge on any atom is -0.478 e. The van der Waals surface area contributed by atoms with Crippen molar-refractivity contribution in [2.24, 2.45) is 21.8 Å². The molecule has 0 bridgehead atoms. The number of carboxylic acids is 2. The van der Waals surface area contributed by atoms with Gasteiger partial charge in [0.05, 0.1) is 17.1 Å². The Bertz CT molecular complexity index is 4440. The van der Waals surface area contributed by atoms with Crippen molar-refractivity contribution in [3.05, 3.63) is 168 Å². The van der Waals surface area contributed by atoms with Gasteiger partial charge in [-0.25, -0.2) is 35.0 Å². The van der Waals surface area contributed by atoms with E-state index in [4.69, 9.17) is 25.0 Å². The van der Waals surface area contributed by atoms with Crippen LogP contribution in [0.3, 0.4) is 0 Å². The number of benzene rings is 6. The minimum absolute atomic E-state index is 0.0190. The number of nitrogens with one attached hydrogen (secondary N) is 5. The number of amides is 3. The van der Waals surface area contributed by atoms with Crippen molar-refractivity contribution in [1.29, 1.82) is 0 Å². The first kappa shape index (κ1) is 66.6. The number of hydrogen-bond donors (Lipinski definition) is 7. The number of amidine groups is 2. The summed E-state index contributed by atoms with van der Waals surface area (Å²) in [5, 5.41) is 31.5. The van der Waals surface area contributed by atoms with Crippen LogP contribution in [0.4, 0.5) is 13.2 Å².